The molecule has 0 aliphatic carbocycles. The van der Waals surface area contributed by atoms with Gasteiger partial charge in [0.05, 0.1) is 25.5 Å². The summed E-state index contributed by atoms with van der Waals surface area (Å²) in [6.07, 6.45) is -1.70. The molecule has 1 N–H and O–H groups in total. The van der Waals surface area contributed by atoms with Crippen molar-refractivity contribution in [3.8, 4) is 5.75 Å². The molecule has 118 valence electrons. The van der Waals surface area contributed by atoms with Crippen LogP contribution in [0.1, 0.15) is 12.1 Å². The maximum atomic E-state index is 12.3. The van der Waals surface area contributed by atoms with Crippen LogP contribution in [-0.2, 0) is 0 Å². The number of ether oxygens (including phenoxy) is 1. The van der Waals surface area contributed by atoms with Crippen molar-refractivity contribution < 1.29 is 17.9 Å². The van der Waals surface area contributed by atoms with Crippen LogP contribution in [0.5, 0.6) is 5.75 Å². The van der Waals surface area contributed by atoms with Crippen LogP contribution in [0.4, 0.5) is 18.9 Å². The normalized spacial score (nSPS) is 19.8. The van der Waals surface area contributed by atoms with Crippen LogP contribution in [-0.4, -0.2) is 49.3 Å². The van der Waals surface area contributed by atoms with E-state index in [1.54, 1.807) is 13.3 Å². The summed E-state index contributed by atoms with van der Waals surface area (Å²) in [6.45, 7) is 2.66. The minimum atomic E-state index is -4.12. The number of rotatable bonds is 5. The largest absolute Gasteiger partial charge is 0.493 e. The summed E-state index contributed by atoms with van der Waals surface area (Å²) in [4.78, 5) is 5.60. The first-order valence-corrected chi connectivity index (χ1v) is 6.91. The van der Waals surface area contributed by atoms with Crippen LogP contribution in [0.2, 0.25) is 0 Å². The third kappa shape index (κ3) is 4.77. The standard InChI is InChI=1S/C14H20F3N3O/c1-10-5-12(13(21-2)7-18-10)19-6-11-3-4-20(8-11)9-14(15,16)17/h5,7,11H,3-4,6,8-9H2,1-2H3,(H,18,19). The van der Waals surface area contributed by atoms with Gasteiger partial charge in [0.2, 0.25) is 0 Å². The molecule has 1 aromatic rings. The smallest absolute Gasteiger partial charge is 0.401 e. The Bertz CT molecular complexity index is 479. The van der Waals surface area contributed by atoms with Crippen LogP contribution in [0.15, 0.2) is 12.3 Å². The van der Waals surface area contributed by atoms with Crippen molar-refractivity contribution in [3.63, 3.8) is 0 Å². The van der Waals surface area contributed by atoms with E-state index in [0.717, 1.165) is 17.8 Å². The zero-order chi connectivity index (χ0) is 15.5. The SMILES string of the molecule is COc1cnc(C)cc1NCC1CCN(CC(F)(F)F)C1. The van der Waals surface area contributed by atoms with Gasteiger partial charge in [-0.15, -0.1) is 0 Å². The molecule has 0 aromatic carbocycles. The van der Waals surface area contributed by atoms with E-state index >= 15 is 0 Å². The van der Waals surface area contributed by atoms with Crippen LogP contribution >= 0.6 is 0 Å². The third-order valence-corrected chi connectivity index (χ3v) is 3.58. The fourth-order valence-corrected chi connectivity index (χ4v) is 2.58. The second kappa shape index (κ2) is 6.51. The highest BCUT2D eigenvalue weighted by molar-refractivity contribution is 5.55. The maximum absolute atomic E-state index is 12.3. The molecule has 4 nitrogen and oxygen atoms in total. The van der Waals surface area contributed by atoms with E-state index in [-0.39, 0.29) is 5.92 Å². The minimum Gasteiger partial charge on any atom is -0.493 e. The number of hydrogen-bond acceptors (Lipinski definition) is 4. The molecule has 0 spiro atoms. The molecule has 1 atom stereocenters. The zero-order valence-corrected chi connectivity index (χ0v) is 12.2. The topological polar surface area (TPSA) is 37.4 Å². The predicted octanol–water partition coefficient (Wildman–Crippen LogP) is 2.69. The summed E-state index contributed by atoms with van der Waals surface area (Å²) in [5, 5.41) is 3.26. The molecule has 2 heterocycles. The Morgan fingerprint density at radius 1 is 1.48 bits per heavy atom. The Morgan fingerprint density at radius 3 is 2.90 bits per heavy atom. The van der Waals surface area contributed by atoms with Crippen molar-refractivity contribution in [2.75, 3.05) is 38.6 Å². The number of methoxy groups -OCH3 is 1. The minimum absolute atomic E-state index is 0.213. The van der Waals surface area contributed by atoms with Gasteiger partial charge in [-0.1, -0.05) is 0 Å². The number of hydrogen-bond donors (Lipinski definition) is 1. The van der Waals surface area contributed by atoms with E-state index < -0.39 is 12.7 Å². The van der Waals surface area contributed by atoms with Crippen molar-refractivity contribution in [2.45, 2.75) is 19.5 Å². The summed E-state index contributed by atoms with van der Waals surface area (Å²) in [5.41, 5.74) is 1.70. The summed E-state index contributed by atoms with van der Waals surface area (Å²) in [7, 11) is 1.57. The highest BCUT2D eigenvalue weighted by Crippen LogP contribution is 2.26. The monoisotopic (exact) mass is 303 g/mol. The fourth-order valence-electron chi connectivity index (χ4n) is 2.58. The molecule has 1 aliphatic rings. The lowest BCUT2D eigenvalue weighted by atomic mass is 10.1. The zero-order valence-electron chi connectivity index (χ0n) is 12.2. The highest BCUT2D eigenvalue weighted by Gasteiger charge is 2.34. The van der Waals surface area contributed by atoms with E-state index in [0.29, 0.717) is 25.4 Å². The molecular formula is C14H20F3N3O. The number of alkyl halides is 3. The number of aromatic nitrogens is 1. The van der Waals surface area contributed by atoms with Gasteiger partial charge < -0.3 is 10.1 Å². The van der Waals surface area contributed by atoms with Crippen LogP contribution in [0.25, 0.3) is 0 Å². The molecule has 1 aromatic heterocycles. The molecular weight excluding hydrogens is 283 g/mol. The van der Waals surface area contributed by atoms with E-state index in [4.69, 9.17) is 4.74 Å². The lowest BCUT2D eigenvalue weighted by Gasteiger charge is -2.18. The average molecular weight is 303 g/mol. The molecule has 21 heavy (non-hydrogen) atoms. The molecule has 0 radical (unpaired) electrons. The van der Waals surface area contributed by atoms with Gasteiger partial charge in [0, 0.05) is 18.8 Å². The molecule has 2 rings (SSSR count). The summed E-state index contributed by atoms with van der Waals surface area (Å²) >= 11 is 0. The van der Waals surface area contributed by atoms with Crippen LogP contribution < -0.4 is 10.1 Å². The number of halogens is 3. The number of nitrogens with one attached hydrogen (secondary N) is 1. The van der Waals surface area contributed by atoms with E-state index in [1.165, 1.54) is 4.90 Å². The predicted molar refractivity (Wildman–Crippen MR) is 74.6 cm³/mol. The molecule has 1 unspecified atom stereocenters. The van der Waals surface area contributed by atoms with Crippen molar-refractivity contribution in [3.05, 3.63) is 18.0 Å². The van der Waals surface area contributed by atoms with Crippen molar-refractivity contribution in [2.24, 2.45) is 5.92 Å². The molecule has 0 bridgehead atoms. The molecule has 1 fully saturated rings. The molecule has 0 saturated carbocycles. The second-order valence-corrected chi connectivity index (χ2v) is 5.41. The Morgan fingerprint density at radius 2 is 2.24 bits per heavy atom. The van der Waals surface area contributed by atoms with Crippen molar-refractivity contribution in [1.82, 2.24) is 9.88 Å². The van der Waals surface area contributed by atoms with Gasteiger partial charge >= 0.3 is 6.18 Å². The molecule has 0 amide bonds. The Labute approximate surface area is 122 Å². The van der Waals surface area contributed by atoms with Gasteiger partial charge in [0.1, 0.15) is 0 Å². The second-order valence-electron chi connectivity index (χ2n) is 5.41. The quantitative estimate of drug-likeness (QED) is 0.907. The molecule has 7 heteroatoms. The van der Waals surface area contributed by atoms with Gasteiger partial charge in [-0.05, 0) is 31.9 Å². The Kier molecular flexibility index (Phi) is 4.92. The van der Waals surface area contributed by atoms with Gasteiger partial charge in [0.25, 0.3) is 0 Å². The number of likely N-dealkylation sites (tertiary alicyclic amines) is 1. The van der Waals surface area contributed by atoms with E-state index in [1.807, 2.05) is 13.0 Å². The number of aryl methyl sites for hydroxylation is 1. The average Bonchev–Trinajstić information content (AvgIpc) is 2.82. The Balaban J connectivity index is 1.86. The number of nitrogens with zero attached hydrogens (tertiary/aromatic N) is 2. The third-order valence-electron chi connectivity index (χ3n) is 3.58. The fraction of sp³-hybridized carbons (Fsp3) is 0.643. The van der Waals surface area contributed by atoms with Crippen LogP contribution in [0, 0.1) is 12.8 Å². The summed E-state index contributed by atoms with van der Waals surface area (Å²) in [5.74, 6) is 0.858. The van der Waals surface area contributed by atoms with Gasteiger partial charge in [-0.3, -0.25) is 9.88 Å². The van der Waals surface area contributed by atoms with Gasteiger partial charge in [-0.25, -0.2) is 0 Å². The first-order valence-electron chi connectivity index (χ1n) is 6.91. The first kappa shape index (κ1) is 15.9. The number of anilines is 1. The van der Waals surface area contributed by atoms with E-state index in [9.17, 15) is 13.2 Å². The molecule has 1 aliphatic heterocycles. The van der Waals surface area contributed by atoms with Crippen LogP contribution in [0.3, 0.4) is 0 Å². The maximum Gasteiger partial charge on any atom is 0.401 e. The summed E-state index contributed by atoms with van der Waals surface area (Å²) < 4.78 is 42.3. The highest BCUT2D eigenvalue weighted by atomic mass is 19.4. The van der Waals surface area contributed by atoms with E-state index in [2.05, 4.69) is 10.3 Å². The van der Waals surface area contributed by atoms with Gasteiger partial charge in [0.15, 0.2) is 5.75 Å². The summed E-state index contributed by atoms with van der Waals surface area (Å²) in [6, 6.07) is 1.88. The number of pyridine rings is 1. The first-order chi connectivity index (χ1) is 9.87. The Hall–Kier alpha value is -1.50. The molecule has 1 saturated heterocycles. The van der Waals surface area contributed by atoms with Gasteiger partial charge in [-0.2, -0.15) is 13.2 Å². The van der Waals surface area contributed by atoms with Crippen molar-refractivity contribution in [1.29, 1.82) is 0 Å². The van der Waals surface area contributed by atoms with Crippen molar-refractivity contribution >= 4 is 5.69 Å². The lowest BCUT2D eigenvalue weighted by molar-refractivity contribution is -0.143. The lowest BCUT2D eigenvalue weighted by Crippen LogP contribution is -2.33.